The van der Waals surface area contributed by atoms with Crippen LogP contribution in [0.5, 0.6) is 0 Å². The molecule has 0 spiro atoms. The van der Waals surface area contributed by atoms with E-state index in [-0.39, 0.29) is 12.4 Å². The van der Waals surface area contributed by atoms with Gasteiger partial charge in [-0.15, -0.1) is 0 Å². The number of carbonyl (C=O) groups is 2. The van der Waals surface area contributed by atoms with Gasteiger partial charge in [0.05, 0.1) is 0 Å². The Bertz CT molecular complexity index is 1460. The number of aromatic nitrogens is 1. The van der Waals surface area contributed by atoms with Gasteiger partial charge in [-0.25, -0.2) is 4.79 Å². The zero-order valence-corrected chi connectivity index (χ0v) is 20.5. The highest BCUT2D eigenvalue weighted by molar-refractivity contribution is 6.21. The number of carboxylic acid groups (broad SMARTS) is 1. The molecule has 0 aliphatic carbocycles. The van der Waals surface area contributed by atoms with Crippen molar-refractivity contribution in [3.05, 3.63) is 84.1 Å². The van der Waals surface area contributed by atoms with E-state index in [2.05, 4.69) is 0 Å². The summed E-state index contributed by atoms with van der Waals surface area (Å²) in [6, 6.07) is 21.3. The minimum atomic E-state index is -1.75. The summed E-state index contributed by atoms with van der Waals surface area (Å²) in [5, 5.41) is 41.7. The van der Waals surface area contributed by atoms with Crippen molar-refractivity contribution in [1.29, 1.82) is 0 Å². The van der Waals surface area contributed by atoms with Crippen molar-refractivity contribution in [2.24, 2.45) is 0 Å². The fraction of sp³-hybridized carbons (Fsp3) is 0.310. The maximum atomic E-state index is 13.6. The number of carboxylic acids is 1. The molecule has 0 bridgehead atoms. The third-order valence-corrected chi connectivity index (χ3v) is 6.96. The van der Waals surface area contributed by atoms with Crippen LogP contribution in [0.1, 0.15) is 28.8 Å². The summed E-state index contributed by atoms with van der Waals surface area (Å²) in [7, 11) is 0. The number of ether oxygens (including phenoxy) is 2. The van der Waals surface area contributed by atoms with Gasteiger partial charge in [-0.3, -0.25) is 4.79 Å². The molecule has 4 N–H and O–H groups in total. The molecule has 0 radical (unpaired) electrons. The molecular weight excluding hydrogens is 490 g/mol. The Balaban J connectivity index is 1.26. The topological polar surface area (TPSA) is 138 Å². The largest absolute Gasteiger partial charge is 0.479 e. The molecular formula is C29H29NO8. The van der Waals surface area contributed by atoms with Crippen LogP contribution in [0.4, 0.5) is 0 Å². The van der Waals surface area contributed by atoms with Crippen LogP contribution in [0.25, 0.3) is 21.7 Å². The van der Waals surface area contributed by atoms with E-state index in [1.54, 1.807) is 0 Å². The molecule has 1 saturated heterocycles. The highest BCUT2D eigenvalue weighted by Crippen LogP contribution is 2.28. The molecule has 1 fully saturated rings. The summed E-state index contributed by atoms with van der Waals surface area (Å²) < 4.78 is 12.7. The Kier molecular flexibility index (Phi) is 7.55. The monoisotopic (exact) mass is 519 g/mol. The number of carbonyl (C=O) groups excluding carboxylic acids is 1. The Labute approximate surface area is 218 Å². The van der Waals surface area contributed by atoms with Crippen molar-refractivity contribution in [3.8, 4) is 0 Å². The first-order valence-corrected chi connectivity index (χ1v) is 12.5. The summed E-state index contributed by atoms with van der Waals surface area (Å²) in [4.78, 5) is 24.9. The van der Waals surface area contributed by atoms with Gasteiger partial charge in [0, 0.05) is 41.4 Å². The first-order valence-electron chi connectivity index (χ1n) is 12.5. The van der Waals surface area contributed by atoms with E-state index in [1.807, 2.05) is 77.5 Å². The van der Waals surface area contributed by atoms with Gasteiger partial charge in [0.25, 0.3) is 0 Å². The first-order chi connectivity index (χ1) is 18.4. The molecule has 3 aromatic carbocycles. The Morgan fingerprint density at radius 1 is 0.816 bits per heavy atom. The van der Waals surface area contributed by atoms with Gasteiger partial charge < -0.3 is 34.5 Å². The van der Waals surface area contributed by atoms with Crippen LogP contribution in [-0.2, 0) is 20.8 Å². The number of ketones is 1. The van der Waals surface area contributed by atoms with Crippen molar-refractivity contribution in [2.75, 3.05) is 6.61 Å². The lowest BCUT2D eigenvalue weighted by molar-refractivity contribution is -0.294. The predicted octanol–water partition coefficient (Wildman–Crippen LogP) is 2.71. The van der Waals surface area contributed by atoms with Crippen molar-refractivity contribution in [2.45, 2.75) is 50.1 Å². The number of benzene rings is 3. The second-order valence-electron chi connectivity index (χ2n) is 9.42. The molecule has 1 aliphatic heterocycles. The van der Waals surface area contributed by atoms with Crippen LogP contribution in [0.3, 0.4) is 0 Å². The zero-order chi connectivity index (χ0) is 26.8. The average molecular weight is 520 g/mol. The number of aryl methyl sites for hydroxylation is 1. The Morgan fingerprint density at radius 3 is 2.32 bits per heavy atom. The van der Waals surface area contributed by atoms with Crippen LogP contribution in [0.2, 0.25) is 0 Å². The normalized spacial score (nSPS) is 23.6. The van der Waals surface area contributed by atoms with Gasteiger partial charge in [-0.1, -0.05) is 60.7 Å². The standard InChI is InChI=1S/C29H29NO8/c31-23(20-12-7-9-17-8-1-2-10-18(17)20)21-16-30(22-13-4-3-11-19(21)22)14-5-6-15-37-29-26(34)24(32)25(33)27(38-29)28(35)36/h1-4,7-13,16,24-27,29,32-34H,5-6,14-15H2,(H,35,36). The highest BCUT2D eigenvalue weighted by atomic mass is 16.7. The molecule has 5 unspecified atom stereocenters. The third-order valence-electron chi connectivity index (χ3n) is 6.96. The number of aliphatic hydroxyl groups is 3. The lowest BCUT2D eigenvalue weighted by Gasteiger charge is -2.38. The number of aliphatic hydroxyl groups excluding tert-OH is 3. The average Bonchev–Trinajstić information content (AvgIpc) is 3.30. The lowest BCUT2D eigenvalue weighted by atomic mass is 9.97. The summed E-state index contributed by atoms with van der Waals surface area (Å²) in [6.07, 6.45) is -5.00. The molecule has 5 atom stereocenters. The molecule has 5 rings (SSSR count). The maximum Gasteiger partial charge on any atom is 0.335 e. The molecule has 2 heterocycles. The third kappa shape index (κ3) is 4.94. The second kappa shape index (κ2) is 11.0. The number of fused-ring (bicyclic) bond motifs is 2. The summed E-state index contributed by atoms with van der Waals surface area (Å²) in [5.41, 5.74) is 2.21. The summed E-state index contributed by atoms with van der Waals surface area (Å²) in [6.45, 7) is 0.734. The van der Waals surface area contributed by atoms with E-state index < -0.39 is 36.7 Å². The quantitative estimate of drug-likeness (QED) is 0.196. The fourth-order valence-corrected chi connectivity index (χ4v) is 4.95. The van der Waals surface area contributed by atoms with Crippen molar-refractivity contribution >= 4 is 33.4 Å². The van der Waals surface area contributed by atoms with Crippen LogP contribution in [0.15, 0.2) is 72.9 Å². The van der Waals surface area contributed by atoms with E-state index in [0.717, 1.165) is 21.7 Å². The number of nitrogens with zero attached hydrogens (tertiary/aromatic N) is 1. The van der Waals surface area contributed by atoms with Crippen LogP contribution in [0, 0.1) is 0 Å². The smallest absolute Gasteiger partial charge is 0.335 e. The van der Waals surface area contributed by atoms with E-state index in [4.69, 9.17) is 14.6 Å². The number of aliphatic carboxylic acids is 1. The van der Waals surface area contributed by atoms with Crippen LogP contribution < -0.4 is 0 Å². The van der Waals surface area contributed by atoms with E-state index >= 15 is 0 Å². The second-order valence-corrected chi connectivity index (χ2v) is 9.42. The SMILES string of the molecule is O=C(c1cccc2ccccc12)c1cn(CCCCOC2OC(C(=O)O)C(O)C(O)C2O)c2ccccc12. The van der Waals surface area contributed by atoms with Gasteiger partial charge >= 0.3 is 5.97 Å². The van der Waals surface area contributed by atoms with Crippen molar-refractivity contribution in [3.63, 3.8) is 0 Å². The molecule has 0 amide bonds. The number of para-hydroxylation sites is 1. The van der Waals surface area contributed by atoms with Crippen molar-refractivity contribution in [1.82, 2.24) is 4.57 Å². The van der Waals surface area contributed by atoms with Gasteiger partial charge in [-0.2, -0.15) is 0 Å². The maximum absolute atomic E-state index is 13.6. The molecule has 9 heteroatoms. The molecule has 1 aromatic heterocycles. The molecule has 9 nitrogen and oxygen atoms in total. The number of rotatable bonds is 9. The van der Waals surface area contributed by atoms with Crippen molar-refractivity contribution < 1.29 is 39.5 Å². The highest BCUT2D eigenvalue weighted by Gasteiger charge is 2.47. The summed E-state index contributed by atoms with van der Waals surface area (Å²) in [5.74, 6) is -1.50. The minimum absolute atomic E-state index is 0.0442. The summed E-state index contributed by atoms with van der Waals surface area (Å²) >= 11 is 0. The molecule has 4 aromatic rings. The molecule has 198 valence electrons. The Morgan fingerprint density at radius 2 is 1.53 bits per heavy atom. The Hall–Kier alpha value is -3.60. The molecule has 0 saturated carbocycles. The fourth-order valence-electron chi connectivity index (χ4n) is 4.95. The van der Waals surface area contributed by atoms with Crippen LogP contribution >= 0.6 is 0 Å². The predicted molar refractivity (Wildman–Crippen MR) is 139 cm³/mol. The van der Waals surface area contributed by atoms with Gasteiger partial charge in [0.1, 0.15) is 18.3 Å². The number of hydrogen-bond acceptors (Lipinski definition) is 7. The molecule has 38 heavy (non-hydrogen) atoms. The van der Waals surface area contributed by atoms with E-state index in [1.165, 1.54) is 0 Å². The number of hydrogen-bond donors (Lipinski definition) is 4. The molecule has 1 aliphatic rings. The van der Waals surface area contributed by atoms with Gasteiger partial charge in [0.2, 0.25) is 0 Å². The zero-order valence-electron chi connectivity index (χ0n) is 20.5. The van der Waals surface area contributed by atoms with Crippen LogP contribution in [-0.4, -0.2) is 74.1 Å². The van der Waals surface area contributed by atoms with E-state index in [0.29, 0.717) is 30.5 Å². The minimum Gasteiger partial charge on any atom is -0.479 e. The van der Waals surface area contributed by atoms with E-state index in [9.17, 15) is 24.9 Å². The van der Waals surface area contributed by atoms with Gasteiger partial charge in [-0.05, 0) is 29.7 Å². The lowest BCUT2D eigenvalue weighted by Crippen LogP contribution is -2.60. The van der Waals surface area contributed by atoms with Gasteiger partial charge in [0.15, 0.2) is 18.2 Å². The number of unbranched alkanes of at least 4 members (excludes halogenated alkanes) is 1. The first kappa shape index (κ1) is 26.0.